The molecule has 0 spiro atoms. The SMILES string of the molecule is c1ccc(C(CSOSCC(c2ccccc2)c2ccccc2-n2ccnc2)c2ccccc2-n2ccnc2)cc1. The van der Waals surface area contributed by atoms with Gasteiger partial charge in [0, 0.05) is 72.2 Å². The number of nitrogens with zero attached hydrogens (tertiary/aromatic N) is 4. The number of imidazole rings is 2. The van der Waals surface area contributed by atoms with Crippen LogP contribution in [0.25, 0.3) is 11.4 Å². The van der Waals surface area contributed by atoms with Crippen LogP contribution in [-0.2, 0) is 3.63 Å². The zero-order valence-electron chi connectivity index (χ0n) is 22.4. The van der Waals surface area contributed by atoms with Gasteiger partial charge in [-0.15, -0.1) is 0 Å². The van der Waals surface area contributed by atoms with Crippen LogP contribution in [0.5, 0.6) is 0 Å². The van der Waals surface area contributed by atoms with Crippen molar-refractivity contribution in [2.24, 2.45) is 0 Å². The lowest BCUT2D eigenvalue weighted by Gasteiger charge is -2.22. The van der Waals surface area contributed by atoms with E-state index in [4.69, 9.17) is 3.63 Å². The molecule has 0 amide bonds. The van der Waals surface area contributed by atoms with Gasteiger partial charge in [-0.2, -0.15) is 0 Å². The zero-order chi connectivity index (χ0) is 27.7. The first-order chi connectivity index (χ1) is 20.4. The molecule has 6 aromatic rings. The van der Waals surface area contributed by atoms with E-state index in [2.05, 4.69) is 128 Å². The van der Waals surface area contributed by atoms with Crippen LogP contribution in [0.3, 0.4) is 0 Å². The van der Waals surface area contributed by atoms with E-state index in [1.165, 1.54) is 46.3 Å². The van der Waals surface area contributed by atoms with Crippen LogP contribution in [0, 0.1) is 0 Å². The highest BCUT2D eigenvalue weighted by atomic mass is 32.2. The Kier molecular flexibility index (Phi) is 8.97. The van der Waals surface area contributed by atoms with Crippen LogP contribution < -0.4 is 0 Å². The molecular weight excluding hydrogens is 545 g/mol. The highest BCUT2D eigenvalue weighted by Gasteiger charge is 2.21. The Bertz CT molecular complexity index is 1500. The molecule has 2 atom stereocenters. The molecule has 0 radical (unpaired) electrons. The Balaban J connectivity index is 1.19. The quantitative estimate of drug-likeness (QED) is 0.109. The van der Waals surface area contributed by atoms with Crippen LogP contribution in [0.2, 0.25) is 0 Å². The second-order valence-corrected chi connectivity index (χ2v) is 11.3. The van der Waals surface area contributed by atoms with Crippen molar-refractivity contribution in [3.63, 3.8) is 0 Å². The third kappa shape index (κ3) is 6.49. The van der Waals surface area contributed by atoms with Crippen LogP contribution in [0.15, 0.2) is 147 Å². The van der Waals surface area contributed by atoms with Crippen molar-refractivity contribution in [1.29, 1.82) is 0 Å². The Labute approximate surface area is 249 Å². The second kappa shape index (κ2) is 13.5. The number of para-hydroxylation sites is 2. The topological polar surface area (TPSA) is 44.9 Å². The molecule has 5 nitrogen and oxygen atoms in total. The summed E-state index contributed by atoms with van der Waals surface area (Å²) < 4.78 is 10.4. The van der Waals surface area contributed by atoms with E-state index in [0.29, 0.717) is 0 Å². The highest BCUT2D eigenvalue weighted by Crippen LogP contribution is 2.37. The third-order valence-corrected chi connectivity index (χ3v) is 8.87. The molecule has 41 heavy (non-hydrogen) atoms. The Morgan fingerprint density at radius 2 is 0.951 bits per heavy atom. The molecule has 204 valence electrons. The molecule has 4 aromatic carbocycles. The summed E-state index contributed by atoms with van der Waals surface area (Å²) >= 11 is 3.03. The molecule has 6 rings (SSSR count). The molecule has 0 aliphatic rings. The number of hydrogen-bond donors (Lipinski definition) is 0. The lowest BCUT2D eigenvalue weighted by molar-refractivity contribution is 0.738. The molecule has 0 aliphatic heterocycles. The van der Waals surface area contributed by atoms with E-state index in [1.807, 2.05) is 37.4 Å². The molecule has 2 heterocycles. The standard InChI is InChI=1S/C34H30N4OS2/c1-3-11-27(12-4-1)31(29-15-7-9-17-33(29)37-21-19-35-25-37)23-40-39-41-24-32(28-13-5-2-6-14-28)30-16-8-10-18-34(30)38-22-20-36-26-38/h1-22,25-26,31-32H,23-24H2. The summed E-state index contributed by atoms with van der Waals surface area (Å²) in [6.45, 7) is 0. The van der Waals surface area contributed by atoms with Crippen molar-refractivity contribution in [2.45, 2.75) is 11.8 Å². The Hall–Kier alpha value is -4.04. The largest absolute Gasteiger partial charge is 0.306 e. The van der Waals surface area contributed by atoms with E-state index in [-0.39, 0.29) is 11.8 Å². The van der Waals surface area contributed by atoms with E-state index >= 15 is 0 Å². The van der Waals surface area contributed by atoms with E-state index in [1.54, 1.807) is 0 Å². The van der Waals surface area contributed by atoms with Crippen molar-refractivity contribution in [2.75, 3.05) is 11.5 Å². The highest BCUT2D eigenvalue weighted by molar-refractivity contribution is 8.07. The van der Waals surface area contributed by atoms with Crippen molar-refractivity contribution in [3.05, 3.63) is 169 Å². The van der Waals surface area contributed by atoms with Crippen molar-refractivity contribution >= 4 is 24.1 Å². The molecule has 0 saturated carbocycles. The zero-order valence-corrected chi connectivity index (χ0v) is 24.1. The van der Waals surface area contributed by atoms with Gasteiger partial charge in [-0.25, -0.2) is 13.6 Å². The minimum atomic E-state index is 0.160. The van der Waals surface area contributed by atoms with Gasteiger partial charge < -0.3 is 9.13 Å². The molecule has 0 fully saturated rings. The summed E-state index contributed by atoms with van der Waals surface area (Å²) in [6.07, 6.45) is 11.3. The van der Waals surface area contributed by atoms with Gasteiger partial charge in [-0.05, 0) is 34.4 Å². The van der Waals surface area contributed by atoms with Gasteiger partial charge in [0.1, 0.15) is 0 Å². The van der Waals surface area contributed by atoms with E-state index < -0.39 is 0 Å². The molecule has 0 saturated heterocycles. The van der Waals surface area contributed by atoms with Crippen LogP contribution >= 0.6 is 24.1 Å². The van der Waals surface area contributed by atoms with Crippen molar-refractivity contribution in [1.82, 2.24) is 19.1 Å². The number of rotatable bonds is 12. The van der Waals surface area contributed by atoms with Gasteiger partial charge >= 0.3 is 0 Å². The molecule has 2 aromatic heterocycles. The lowest BCUT2D eigenvalue weighted by atomic mass is 9.91. The first kappa shape index (κ1) is 27.1. The second-order valence-electron chi connectivity index (χ2n) is 9.62. The van der Waals surface area contributed by atoms with Gasteiger partial charge in [0.25, 0.3) is 0 Å². The third-order valence-electron chi connectivity index (χ3n) is 7.16. The normalized spacial score (nSPS) is 12.7. The summed E-state index contributed by atoms with van der Waals surface area (Å²) in [5, 5.41) is 0. The van der Waals surface area contributed by atoms with E-state index in [0.717, 1.165) is 22.9 Å². The monoisotopic (exact) mass is 574 g/mol. The molecule has 7 heteroatoms. The van der Waals surface area contributed by atoms with Gasteiger partial charge in [0.05, 0.1) is 24.0 Å². The molecule has 0 N–H and O–H groups in total. The van der Waals surface area contributed by atoms with Gasteiger partial charge in [0.15, 0.2) is 0 Å². The predicted octanol–water partition coefficient (Wildman–Crippen LogP) is 8.34. The average molecular weight is 575 g/mol. The Morgan fingerprint density at radius 3 is 1.37 bits per heavy atom. The maximum atomic E-state index is 6.24. The van der Waals surface area contributed by atoms with Crippen LogP contribution in [0.1, 0.15) is 34.1 Å². The fourth-order valence-corrected chi connectivity index (χ4v) is 6.90. The van der Waals surface area contributed by atoms with Crippen molar-refractivity contribution in [3.8, 4) is 11.4 Å². The first-order valence-corrected chi connectivity index (χ1v) is 15.4. The maximum absolute atomic E-state index is 6.24. The fraction of sp³-hybridized carbons (Fsp3) is 0.118. The molecule has 2 unspecified atom stereocenters. The number of benzene rings is 4. The van der Waals surface area contributed by atoms with E-state index in [9.17, 15) is 0 Å². The van der Waals surface area contributed by atoms with Crippen LogP contribution in [0.4, 0.5) is 0 Å². The van der Waals surface area contributed by atoms with Crippen LogP contribution in [-0.4, -0.2) is 30.6 Å². The summed E-state index contributed by atoms with van der Waals surface area (Å²) in [7, 11) is 0. The number of hydrogen-bond acceptors (Lipinski definition) is 5. The first-order valence-electron chi connectivity index (χ1n) is 13.5. The smallest absolute Gasteiger partial charge is 0.0991 e. The summed E-state index contributed by atoms with van der Waals surface area (Å²) in [6, 6.07) is 38.4. The Morgan fingerprint density at radius 1 is 0.537 bits per heavy atom. The van der Waals surface area contributed by atoms with Gasteiger partial charge in [-0.3, -0.25) is 0 Å². The average Bonchev–Trinajstić information content (AvgIpc) is 3.78. The maximum Gasteiger partial charge on any atom is 0.0991 e. The number of aromatic nitrogens is 4. The molecule has 0 aliphatic carbocycles. The molecular formula is C34H30N4OS2. The van der Waals surface area contributed by atoms with Gasteiger partial charge in [0.2, 0.25) is 0 Å². The summed E-state index contributed by atoms with van der Waals surface area (Å²) in [4.78, 5) is 8.54. The minimum Gasteiger partial charge on any atom is -0.306 e. The molecule has 0 bridgehead atoms. The minimum absolute atomic E-state index is 0.160. The fourth-order valence-electron chi connectivity index (χ4n) is 5.17. The van der Waals surface area contributed by atoms with Gasteiger partial charge in [-0.1, -0.05) is 97.1 Å². The lowest BCUT2D eigenvalue weighted by Crippen LogP contribution is -2.09. The summed E-state index contributed by atoms with van der Waals surface area (Å²) in [5.41, 5.74) is 7.28. The summed E-state index contributed by atoms with van der Waals surface area (Å²) in [5.74, 6) is 1.88. The predicted molar refractivity (Wildman–Crippen MR) is 170 cm³/mol. The van der Waals surface area contributed by atoms with Crippen molar-refractivity contribution < 1.29 is 3.63 Å².